The molecule has 0 radical (unpaired) electrons. The highest BCUT2D eigenvalue weighted by Gasteiger charge is 2.43. The lowest BCUT2D eigenvalue weighted by molar-refractivity contribution is 0.0307. The molecule has 0 aromatic heterocycles. The standard InChI is InChI=1S/C11H22N2/c1-3-11(6-4-7-11)13-8-5-10(9-13)12-2/h10,12H,3-9H2,1-2H3. The van der Waals surface area contributed by atoms with Gasteiger partial charge >= 0.3 is 0 Å². The van der Waals surface area contributed by atoms with Crippen molar-refractivity contribution in [2.24, 2.45) is 0 Å². The largest absolute Gasteiger partial charge is 0.316 e. The zero-order valence-corrected chi connectivity index (χ0v) is 8.97. The van der Waals surface area contributed by atoms with E-state index in [9.17, 15) is 0 Å². The van der Waals surface area contributed by atoms with Gasteiger partial charge in [-0.05, 0) is 39.2 Å². The second-order valence-corrected chi connectivity index (χ2v) is 4.65. The van der Waals surface area contributed by atoms with Crippen molar-refractivity contribution in [3.63, 3.8) is 0 Å². The van der Waals surface area contributed by atoms with Crippen molar-refractivity contribution in [2.75, 3.05) is 20.1 Å². The van der Waals surface area contributed by atoms with E-state index in [1.165, 1.54) is 45.2 Å². The number of likely N-dealkylation sites (tertiary alicyclic amines) is 1. The number of hydrogen-bond acceptors (Lipinski definition) is 2. The Kier molecular flexibility index (Phi) is 2.61. The van der Waals surface area contributed by atoms with E-state index in [0.29, 0.717) is 5.54 Å². The number of nitrogens with one attached hydrogen (secondary N) is 1. The topological polar surface area (TPSA) is 15.3 Å². The highest BCUT2D eigenvalue weighted by molar-refractivity contribution is 5.00. The molecule has 1 N–H and O–H groups in total. The Labute approximate surface area is 81.7 Å². The molecule has 1 aliphatic carbocycles. The summed E-state index contributed by atoms with van der Waals surface area (Å²) in [5, 5.41) is 3.40. The van der Waals surface area contributed by atoms with Gasteiger partial charge in [0.2, 0.25) is 0 Å². The second-order valence-electron chi connectivity index (χ2n) is 4.65. The van der Waals surface area contributed by atoms with Crippen molar-refractivity contribution in [1.29, 1.82) is 0 Å². The molecule has 1 heterocycles. The summed E-state index contributed by atoms with van der Waals surface area (Å²) < 4.78 is 0. The van der Waals surface area contributed by atoms with Gasteiger partial charge in [-0.2, -0.15) is 0 Å². The fraction of sp³-hybridized carbons (Fsp3) is 1.00. The Morgan fingerprint density at radius 2 is 2.23 bits per heavy atom. The Morgan fingerprint density at radius 1 is 1.46 bits per heavy atom. The van der Waals surface area contributed by atoms with Gasteiger partial charge in [0.1, 0.15) is 0 Å². The van der Waals surface area contributed by atoms with Crippen LogP contribution < -0.4 is 5.32 Å². The highest BCUT2D eigenvalue weighted by Crippen LogP contribution is 2.41. The van der Waals surface area contributed by atoms with Crippen LogP contribution in [0.1, 0.15) is 39.0 Å². The molecule has 2 aliphatic rings. The van der Waals surface area contributed by atoms with Crippen molar-refractivity contribution >= 4 is 0 Å². The SMILES string of the molecule is CCC1(N2CCC(NC)C2)CCC1. The summed E-state index contributed by atoms with van der Waals surface area (Å²) in [6.45, 7) is 4.95. The third-order valence-corrected chi connectivity index (χ3v) is 4.21. The number of rotatable bonds is 3. The summed E-state index contributed by atoms with van der Waals surface area (Å²) in [6, 6.07) is 0.754. The van der Waals surface area contributed by atoms with Crippen molar-refractivity contribution in [3.05, 3.63) is 0 Å². The van der Waals surface area contributed by atoms with Gasteiger partial charge in [-0.15, -0.1) is 0 Å². The van der Waals surface area contributed by atoms with E-state index in [-0.39, 0.29) is 0 Å². The van der Waals surface area contributed by atoms with Crippen molar-refractivity contribution < 1.29 is 0 Å². The van der Waals surface area contributed by atoms with Gasteiger partial charge < -0.3 is 5.32 Å². The highest BCUT2D eigenvalue weighted by atomic mass is 15.2. The zero-order valence-electron chi connectivity index (χ0n) is 8.97. The smallest absolute Gasteiger partial charge is 0.0207 e. The van der Waals surface area contributed by atoms with Crippen molar-refractivity contribution in [1.82, 2.24) is 10.2 Å². The fourth-order valence-corrected chi connectivity index (χ4v) is 2.91. The molecule has 0 aromatic rings. The van der Waals surface area contributed by atoms with E-state index in [1.807, 2.05) is 0 Å². The first kappa shape index (κ1) is 9.47. The summed E-state index contributed by atoms with van der Waals surface area (Å²) in [5.74, 6) is 0. The lowest BCUT2D eigenvalue weighted by atomic mass is 9.73. The lowest BCUT2D eigenvalue weighted by Crippen LogP contribution is -2.52. The van der Waals surface area contributed by atoms with Gasteiger partial charge in [-0.3, -0.25) is 4.90 Å². The van der Waals surface area contributed by atoms with Gasteiger partial charge in [0.15, 0.2) is 0 Å². The van der Waals surface area contributed by atoms with Gasteiger partial charge in [0, 0.05) is 24.7 Å². The van der Waals surface area contributed by atoms with Gasteiger partial charge in [0.05, 0.1) is 0 Å². The number of nitrogens with zero attached hydrogens (tertiary/aromatic N) is 1. The van der Waals surface area contributed by atoms with E-state index in [1.54, 1.807) is 0 Å². The molecule has 1 saturated heterocycles. The maximum atomic E-state index is 3.40. The summed E-state index contributed by atoms with van der Waals surface area (Å²) in [7, 11) is 2.09. The Bertz CT molecular complexity index is 169. The minimum Gasteiger partial charge on any atom is -0.316 e. The molecule has 2 nitrogen and oxygen atoms in total. The molecule has 0 aromatic carbocycles. The van der Waals surface area contributed by atoms with E-state index in [2.05, 4.69) is 24.2 Å². The molecule has 0 spiro atoms. The molecule has 2 rings (SSSR count). The average Bonchev–Trinajstić information content (AvgIpc) is 2.52. The minimum atomic E-state index is 0.617. The third-order valence-electron chi connectivity index (χ3n) is 4.21. The maximum absolute atomic E-state index is 3.40. The normalized spacial score (nSPS) is 33.2. The molecule has 1 aliphatic heterocycles. The van der Waals surface area contributed by atoms with Crippen LogP contribution in [0.25, 0.3) is 0 Å². The van der Waals surface area contributed by atoms with Crippen LogP contribution >= 0.6 is 0 Å². The molecular formula is C11H22N2. The third kappa shape index (κ3) is 1.50. The van der Waals surface area contributed by atoms with Gasteiger partial charge in [-0.25, -0.2) is 0 Å². The molecule has 1 atom stereocenters. The van der Waals surface area contributed by atoms with Crippen molar-refractivity contribution in [3.8, 4) is 0 Å². The molecule has 0 bridgehead atoms. The van der Waals surface area contributed by atoms with Gasteiger partial charge in [-0.1, -0.05) is 6.92 Å². The van der Waals surface area contributed by atoms with Crippen LogP contribution in [0.4, 0.5) is 0 Å². The summed E-state index contributed by atoms with van der Waals surface area (Å²) in [6.07, 6.45) is 7.04. The Balaban J connectivity index is 1.94. The molecule has 2 heteroatoms. The fourth-order valence-electron chi connectivity index (χ4n) is 2.91. The van der Waals surface area contributed by atoms with E-state index in [4.69, 9.17) is 0 Å². The summed E-state index contributed by atoms with van der Waals surface area (Å²) >= 11 is 0. The molecule has 0 amide bonds. The zero-order chi connectivity index (χ0) is 9.31. The predicted molar refractivity (Wildman–Crippen MR) is 55.9 cm³/mol. The molecular weight excluding hydrogens is 160 g/mol. The average molecular weight is 182 g/mol. The first-order valence-electron chi connectivity index (χ1n) is 5.73. The summed E-state index contributed by atoms with van der Waals surface area (Å²) in [5.41, 5.74) is 0.617. The number of likely N-dealkylation sites (N-methyl/N-ethyl adjacent to an activating group) is 1. The van der Waals surface area contributed by atoms with Crippen LogP contribution in [0.3, 0.4) is 0 Å². The molecule has 13 heavy (non-hydrogen) atoms. The first-order valence-corrected chi connectivity index (χ1v) is 5.73. The molecule has 1 unspecified atom stereocenters. The quantitative estimate of drug-likeness (QED) is 0.713. The van der Waals surface area contributed by atoms with Gasteiger partial charge in [0.25, 0.3) is 0 Å². The van der Waals surface area contributed by atoms with Crippen LogP contribution in [-0.2, 0) is 0 Å². The van der Waals surface area contributed by atoms with Crippen LogP contribution in [-0.4, -0.2) is 36.6 Å². The lowest BCUT2D eigenvalue weighted by Gasteiger charge is -2.48. The molecule has 1 saturated carbocycles. The summed E-state index contributed by atoms with van der Waals surface area (Å²) in [4.78, 5) is 2.73. The first-order chi connectivity index (χ1) is 6.30. The van der Waals surface area contributed by atoms with Crippen molar-refractivity contribution in [2.45, 2.75) is 50.6 Å². The van der Waals surface area contributed by atoms with Crippen LogP contribution in [0.5, 0.6) is 0 Å². The predicted octanol–water partition coefficient (Wildman–Crippen LogP) is 1.61. The van der Waals surface area contributed by atoms with Crippen LogP contribution in [0.15, 0.2) is 0 Å². The maximum Gasteiger partial charge on any atom is 0.0207 e. The minimum absolute atomic E-state index is 0.617. The van der Waals surface area contributed by atoms with E-state index < -0.39 is 0 Å². The Morgan fingerprint density at radius 3 is 2.62 bits per heavy atom. The van der Waals surface area contributed by atoms with Crippen LogP contribution in [0.2, 0.25) is 0 Å². The van der Waals surface area contributed by atoms with Crippen LogP contribution in [0, 0.1) is 0 Å². The monoisotopic (exact) mass is 182 g/mol. The second kappa shape index (κ2) is 3.58. The molecule has 76 valence electrons. The van der Waals surface area contributed by atoms with E-state index in [0.717, 1.165) is 6.04 Å². The number of hydrogen-bond donors (Lipinski definition) is 1. The Hall–Kier alpha value is -0.0800. The van der Waals surface area contributed by atoms with E-state index >= 15 is 0 Å². The molecule has 2 fully saturated rings.